The van der Waals surface area contributed by atoms with Crippen LogP contribution in [-0.2, 0) is 13.0 Å². The molecule has 2 aromatic rings. The van der Waals surface area contributed by atoms with Gasteiger partial charge in [0.1, 0.15) is 5.69 Å². The average Bonchev–Trinajstić information content (AvgIpc) is 2.63. The third kappa shape index (κ3) is 3.72. The van der Waals surface area contributed by atoms with Crippen LogP contribution in [0.25, 0.3) is 0 Å². The van der Waals surface area contributed by atoms with E-state index in [4.69, 9.17) is 0 Å². The van der Waals surface area contributed by atoms with Gasteiger partial charge in [0, 0.05) is 25.7 Å². The number of rotatable bonds is 4. The van der Waals surface area contributed by atoms with Gasteiger partial charge in [-0.25, -0.2) is 4.68 Å². The summed E-state index contributed by atoms with van der Waals surface area (Å²) in [7, 11) is 0. The summed E-state index contributed by atoms with van der Waals surface area (Å²) in [6.45, 7) is 3.82. The number of hydrogen-bond acceptors (Lipinski definition) is 3. The van der Waals surface area contributed by atoms with Gasteiger partial charge in [-0.1, -0.05) is 30.3 Å². The van der Waals surface area contributed by atoms with Crippen molar-refractivity contribution in [3.8, 4) is 0 Å². The Balaban J connectivity index is 1.60. The molecule has 0 atom stereocenters. The van der Waals surface area contributed by atoms with Crippen LogP contribution in [0.1, 0.15) is 35.8 Å². The summed E-state index contributed by atoms with van der Waals surface area (Å²) in [5.74, 6) is 0.546. The Labute approximate surface area is 141 Å². The van der Waals surface area contributed by atoms with Crippen LogP contribution in [0.5, 0.6) is 0 Å². The highest BCUT2D eigenvalue weighted by Crippen LogP contribution is 2.22. The number of likely N-dealkylation sites (tertiary alicyclic amines) is 1. The number of amides is 1. The Hall–Kier alpha value is -2.43. The summed E-state index contributed by atoms with van der Waals surface area (Å²) >= 11 is 0. The largest absolute Gasteiger partial charge is 0.337 e. The van der Waals surface area contributed by atoms with Gasteiger partial charge >= 0.3 is 0 Å². The highest BCUT2D eigenvalue weighted by atomic mass is 16.2. The number of hydrogen-bond donors (Lipinski definition) is 0. The number of benzene rings is 1. The zero-order valence-electron chi connectivity index (χ0n) is 14.0. The van der Waals surface area contributed by atoms with Crippen LogP contribution in [0.2, 0.25) is 0 Å². The van der Waals surface area contributed by atoms with Crippen molar-refractivity contribution in [2.45, 2.75) is 32.7 Å². The maximum Gasteiger partial charge on any atom is 0.274 e. The Morgan fingerprint density at radius 1 is 1.12 bits per heavy atom. The molecule has 1 amide bonds. The summed E-state index contributed by atoms with van der Waals surface area (Å²) in [5.41, 5.74) is 1.55. The number of carbonyl (C=O) groups is 1. The van der Waals surface area contributed by atoms with E-state index in [-0.39, 0.29) is 11.5 Å². The SMILES string of the molecule is CCn1nc(C(=O)N2CCC(Cc3ccccc3)CC2)ccc1=O. The van der Waals surface area contributed by atoms with Gasteiger partial charge in [-0.05, 0) is 43.7 Å². The third-order valence-electron chi connectivity index (χ3n) is 4.65. The fourth-order valence-corrected chi connectivity index (χ4v) is 3.24. The molecule has 5 heteroatoms. The van der Waals surface area contributed by atoms with Gasteiger partial charge in [0.15, 0.2) is 0 Å². The first-order chi connectivity index (χ1) is 11.7. The lowest BCUT2D eigenvalue weighted by Crippen LogP contribution is -2.40. The van der Waals surface area contributed by atoms with Crippen LogP contribution < -0.4 is 5.56 Å². The summed E-state index contributed by atoms with van der Waals surface area (Å²) < 4.78 is 1.33. The zero-order chi connectivity index (χ0) is 16.9. The van der Waals surface area contributed by atoms with Gasteiger partial charge in [0.25, 0.3) is 11.5 Å². The van der Waals surface area contributed by atoms with Gasteiger partial charge in [-0.2, -0.15) is 5.10 Å². The topological polar surface area (TPSA) is 55.2 Å². The quantitative estimate of drug-likeness (QED) is 0.867. The molecule has 0 radical (unpaired) electrons. The van der Waals surface area contributed by atoms with Crippen molar-refractivity contribution in [2.24, 2.45) is 5.92 Å². The van der Waals surface area contributed by atoms with E-state index < -0.39 is 0 Å². The molecule has 5 nitrogen and oxygen atoms in total. The molecule has 1 saturated heterocycles. The zero-order valence-corrected chi connectivity index (χ0v) is 14.0. The number of nitrogens with zero attached hydrogens (tertiary/aromatic N) is 3. The highest BCUT2D eigenvalue weighted by Gasteiger charge is 2.24. The molecule has 3 rings (SSSR count). The molecular weight excluding hydrogens is 302 g/mol. The molecule has 0 N–H and O–H groups in total. The summed E-state index contributed by atoms with van der Waals surface area (Å²) in [5, 5.41) is 4.17. The number of aryl methyl sites for hydroxylation is 1. The van der Waals surface area contributed by atoms with Crippen molar-refractivity contribution in [3.63, 3.8) is 0 Å². The van der Waals surface area contributed by atoms with Crippen LogP contribution in [0.4, 0.5) is 0 Å². The standard InChI is InChI=1S/C19H23N3O2/c1-2-22-18(23)9-8-17(20-22)19(24)21-12-10-16(11-13-21)14-15-6-4-3-5-7-15/h3-9,16H,2,10-14H2,1H3. The Morgan fingerprint density at radius 3 is 2.50 bits per heavy atom. The van der Waals surface area contributed by atoms with E-state index in [9.17, 15) is 9.59 Å². The summed E-state index contributed by atoms with van der Waals surface area (Å²) in [6, 6.07) is 13.5. The fourth-order valence-electron chi connectivity index (χ4n) is 3.24. The number of piperidine rings is 1. The van der Waals surface area contributed by atoms with Crippen LogP contribution in [0.15, 0.2) is 47.3 Å². The maximum atomic E-state index is 12.6. The first-order valence-corrected chi connectivity index (χ1v) is 8.58. The van der Waals surface area contributed by atoms with Gasteiger partial charge in [0.05, 0.1) is 0 Å². The van der Waals surface area contributed by atoms with E-state index in [1.54, 1.807) is 0 Å². The third-order valence-corrected chi connectivity index (χ3v) is 4.65. The predicted octanol–water partition coefficient (Wildman–Crippen LogP) is 2.36. The fraction of sp³-hybridized carbons (Fsp3) is 0.421. The molecule has 0 unspecified atom stereocenters. The van der Waals surface area contributed by atoms with E-state index in [1.807, 2.05) is 17.9 Å². The molecule has 0 bridgehead atoms. The molecule has 2 heterocycles. The van der Waals surface area contributed by atoms with E-state index >= 15 is 0 Å². The van der Waals surface area contributed by atoms with Crippen LogP contribution in [0, 0.1) is 5.92 Å². The lowest BCUT2D eigenvalue weighted by Gasteiger charge is -2.32. The minimum absolute atomic E-state index is 0.0737. The van der Waals surface area contributed by atoms with Crippen molar-refractivity contribution >= 4 is 5.91 Å². The van der Waals surface area contributed by atoms with Crippen molar-refractivity contribution < 1.29 is 4.79 Å². The second-order valence-corrected chi connectivity index (χ2v) is 6.30. The maximum absolute atomic E-state index is 12.6. The summed E-state index contributed by atoms with van der Waals surface area (Å²) in [6.07, 6.45) is 3.09. The molecule has 1 fully saturated rings. The van der Waals surface area contributed by atoms with E-state index in [0.29, 0.717) is 18.2 Å². The number of carbonyl (C=O) groups excluding carboxylic acids is 1. The number of aromatic nitrogens is 2. The van der Waals surface area contributed by atoms with Crippen molar-refractivity contribution in [2.75, 3.05) is 13.1 Å². The highest BCUT2D eigenvalue weighted by molar-refractivity contribution is 5.92. The van der Waals surface area contributed by atoms with Crippen molar-refractivity contribution in [1.82, 2.24) is 14.7 Å². The molecular formula is C19H23N3O2. The van der Waals surface area contributed by atoms with Gasteiger partial charge in [0.2, 0.25) is 0 Å². The summed E-state index contributed by atoms with van der Waals surface area (Å²) in [4.78, 5) is 26.0. The Morgan fingerprint density at radius 2 is 1.83 bits per heavy atom. The predicted molar refractivity (Wildman–Crippen MR) is 92.9 cm³/mol. The van der Waals surface area contributed by atoms with Crippen LogP contribution in [0.3, 0.4) is 0 Å². The van der Waals surface area contributed by atoms with Gasteiger partial charge in [-0.3, -0.25) is 9.59 Å². The molecule has 1 aliphatic rings. The first-order valence-electron chi connectivity index (χ1n) is 8.58. The monoisotopic (exact) mass is 325 g/mol. The molecule has 24 heavy (non-hydrogen) atoms. The second-order valence-electron chi connectivity index (χ2n) is 6.30. The minimum Gasteiger partial charge on any atom is -0.337 e. The lowest BCUT2D eigenvalue weighted by molar-refractivity contribution is 0.0681. The molecule has 1 aliphatic heterocycles. The second kappa shape index (κ2) is 7.43. The molecule has 0 aliphatic carbocycles. The van der Waals surface area contributed by atoms with E-state index in [1.165, 1.54) is 22.4 Å². The molecule has 126 valence electrons. The van der Waals surface area contributed by atoms with Crippen LogP contribution in [-0.4, -0.2) is 33.7 Å². The van der Waals surface area contributed by atoms with Gasteiger partial charge in [-0.15, -0.1) is 0 Å². The van der Waals surface area contributed by atoms with Gasteiger partial charge < -0.3 is 4.90 Å². The van der Waals surface area contributed by atoms with Crippen molar-refractivity contribution in [3.05, 3.63) is 64.1 Å². The lowest BCUT2D eigenvalue weighted by atomic mass is 9.90. The normalized spacial score (nSPS) is 15.5. The first kappa shape index (κ1) is 16.4. The molecule has 0 saturated carbocycles. The molecule has 1 aromatic carbocycles. The van der Waals surface area contributed by atoms with Crippen molar-refractivity contribution in [1.29, 1.82) is 0 Å². The van der Waals surface area contributed by atoms with Crippen LogP contribution >= 0.6 is 0 Å². The minimum atomic E-state index is -0.171. The molecule has 0 spiro atoms. The van der Waals surface area contributed by atoms with E-state index in [2.05, 4.69) is 29.4 Å². The van der Waals surface area contributed by atoms with E-state index in [0.717, 1.165) is 32.4 Å². The average molecular weight is 325 g/mol. The Kier molecular flexibility index (Phi) is 5.08. The Bertz CT molecular complexity index is 747. The smallest absolute Gasteiger partial charge is 0.274 e. The molecule has 1 aromatic heterocycles.